The Morgan fingerprint density at radius 1 is 1.00 bits per heavy atom. The molecule has 0 bridgehead atoms. The molecule has 5 heteroatoms. The first-order valence-corrected chi connectivity index (χ1v) is 14.3. The van der Waals surface area contributed by atoms with Gasteiger partial charge in [-0.2, -0.15) is 0 Å². The van der Waals surface area contributed by atoms with E-state index < -0.39 is 0 Å². The van der Waals surface area contributed by atoms with Gasteiger partial charge in [0, 0.05) is 20.1 Å². The third-order valence-corrected chi connectivity index (χ3v) is 10.3. The van der Waals surface area contributed by atoms with Gasteiger partial charge in [0.1, 0.15) is 5.84 Å². The van der Waals surface area contributed by atoms with Crippen molar-refractivity contribution < 1.29 is 14.4 Å². The number of amidine groups is 1. The van der Waals surface area contributed by atoms with E-state index in [1.807, 2.05) is 20.8 Å². The summed E-state index contributed by atoms with van der Waals surface area (Å²) in [6, 6.07) is 0. The van der Waals surface area contributed by atoms with Crippen molar-refractivity contribution in [3.63, 3.8) is 0 Å². The molecule has 0 radical (unpaired) electrons. The number of methoxy groups -OCH3 is 1. The van der Waals surface area contributed by atoms with Crippen LogP contribution in [-0.4, -0.2) is 26.0 Å². The zero-order valence-electron chi connectivity index (χ0n) is 23.1. The predicted octanol–water partition coefficient (Wildman–Crippen LogP) is 7.33. The van der Waals surface area contributed by atoms with Crippen LogP contribution in [0.2, 0.25) is 0 Å². The van der Waals surface area contributed by atoms with Gasteiger partial charge in [-0.15, -0.1) is 0 Å². The average Bonchev–Trinajstić information content (AvgIpc) is 3.20. The van der Waals surface area contributed by atoms with E-state index in [9.17, 15) is 4.79 Å². The lowest BCUT2D eigenvalue weighted by molar-refractivity contribution is -0.128. The maximum absolute atomic E-state index is 10.2. The monoisotopic (exact) mass is 478 g/mol. The van der Waals surface area contributed by atoms with Gasteiger partial charge in [-0.25, -0.2) is 0 Å². The van der Waals surface area contributed by atoms with Crippen LogP contribution < -0.4 is 5.73 Å². The van der Waals surface area contributed by atoms with Crippen molar-refractivity contribution in [1.29, 1.82) is 0 Å². The molecule has 198 valence electrons. The highest BCUT2D eigenvalue weighted by atomic mass is 16.7. The van der Waals surface area contributed by atoms with Crippen LogP contribution in [0.25, 0.3) is 0 Å². The molecule has 4 aliphatic carbocycles. The molecule has 4 fully saturated rings. The quantitative estimate of drug-likeness (QED) is 0.137. The molecule has 7 atom stereocenters. The van der Waals surface area contributed by atoms with Gasteiger partial charge in [0.15, 0.2) is 0 Å². The highest BCUT2D eigenvalue weighted by Crippen LogP contribution is 2.67. The summed E-state index contributed by atoms with van der Waals surface area (Å²) in [7, 11) is 1.68. The van der Waals surface area contributed by atoms with Crippen LogP contribution in [-0.2, 0) is 14.4 Å². The topological polar surface area (TPSA) is 73.9 Å². The predicted molar refractivity (Wildman–Crippen MR) is 141 cm³/mol. The van der Waals surface area contributed by atoms with Gasteiger partial charge in [0.05, 0.1) is 0 Å². The van der Waals surface area contributed by atoms with Gasteiger partial charge >= 0.3 is 6.47 Å². The molecule has 4 rings (SSSR count). The molecule has 0 aromatic carbocycles. The molecule has 0 heterocycles. The minimum Gasteiger partial charge on any atom is -0.385 e. The molecule has 7 unspecified atom stereocenters. The molecule has 5 nitrogen and oxygen atoms in total. The van der Waals surface area contributed by atoms with Gasteiger partial charge in [-0.05, 0) is 112 Å². The molecule has 0 amide bonds. The number of hydrogen-bond acceptors (Lipinski definition) is 4. The van der Waals surface area contributed by atoms with Gasteiger partial charge in [0.25, 0.3) is 0 Å². The first kappa shape index (κ1) is 29.1. The summed E-state index contributed by atoms with van der Waals surface area (Å²) in [6.07, 6.45) is 17.7. The lowest BCUT2D eigenvalue weighted by Gasteiger charge is -2.60. The second-order valence-electron chi connectivity index (χ2n) is 11.5. The van der Waals surface area contributed by atoms with E-state index in [1.165, 1.54) is 70.6 Å². The van der Waals surface area contributed by atoms with Crippen molar-refractivity contribution in [3.05, 3.63) is 0 Å². The zero-order valence-corrected chi connectivity index (χ0v) is 23.1. The van der Waals surface area contributed by atoms with E-state index in [0.29, 0.717) is 23.1 Å². The number of oxime groups is 1. The first-order chi connectivity index (χ1) is 16.4. The van der Waals surface area contributed by atoms with Crippen LogP contribution >= 0.6 is 0 Å². The Hall–Kier alpha value is -1.10. The Labute approximate surface area is 210 Å². The first-order valence-electron chi connectivity index (χ1n) is 14.3. The maximum Gasteiger partial charge on any atom is 0.323 e. The third-order valence-electron chi connectivity index (χ3n) is 10.3. The lowest BCUT2D eigenvalue weighted by Crippen LogP contribution is -2.52. The number of carbonyl (C=O) groups is 1. The Morgan fingerprint density at radius 2 is 1.71 bits per heavy atom. The molecule has 34 heavy (non-hydrogen) atoms. The average molecular weight is 479 g/mol. The summed E-state index contributed by atoms with van der Waals surface area (Å²) in [6.45, 7) is 12.4. The van der Waals surface area contributed by atoms with E-state index in [1.54, 1.807) is 7.11 Å². The van der Waals surface area contributed by atoms with Gasteiger partial charge in [0.2, 0.25) is 0 Å². The van der Waals surface area contributed by atoms with E-state index in [0.717, 1.165) is 49.0 Å². The van der Waals surface area contributed by atoms with Gasteiger partial charge < -0.3 is 15.3 Å². The van der Waals surface area contributed by atoms with E-state index in [-0.39, 0.29) is 0 Å². The van der Waals surface area contributed by atoms with Gasteiger partial charge in [-0.1, -0.05) is 45.7 Å². The summed E-state index contributed by atoms with van der Waals surface area (Å²) in [4.78, 5) is 14.7. The number of fused-ring (bicyclic) bond motifs is 5. The minimum atomic E-state index is 0.329. The Bertz CT molecular complexity index is 637. The summed E-state index contributed by atoms with van der Waals surface area (Å²) < 4.78 is 4.54. The van der Waals surface area contributed by atoms with Crippen LogP contribution in [0.4, 0.5) is 0 Å². The Morgan fingerprint density at radius 3 is 2.38 bits per heavy atom. The molecule has 0 spiro atoms. The van der Waals surface area contributed by atoms with Gasteiger partial charge in [-0.3, -0.25) is 4.79 Å². The van der Waals surface area contributed by atoms with Crippen molar-refractivity contribution in [2.75, 3.05) is 13.7 Å². The molecule has 0 aromatic heterocycles. The summed E-state index contributed by atoms with van der Waals surface area (Å²) in [5, 5.41) is 3.63. The van der Waals surface area contributed by atoms with Crippen LogP contribution in [0.3, 0.4) is 0 Å². The normalized spacial score (nSPS) is 38.6. The standard InChI is InChI=1S/C24H40N2O2.C3H8O.C2H6/c1-23-14-4-3-6-17(23)9-11-19-20-12-10-18(24(20,2)15-13-21(19)23)7-5-8-22(25)26-28-16-27;1-3-4-2;1-2/h16-21H,3-15H2,1-2H3,(H2,25,26);3H2,1-2H3;1-2H3. The second kappa shape index (κ2) is 13.8. The van der Waals surface area contributed by atoms with Crippen LogP contribution in [0.5, 0.6) is 0 Å². The Kier molecular flexibility index (Phi) is 11.9. The highest BCUT2D eigenvalue weighted by molar-refractivity contribution is 5.79. The largest absolute Gasteiger partial charge is 0.385 e. The van der Waals surface area contributed by atoms with Crippen molar-refractivity contribution in [2.24, 2.45) is 51.3 Å². The molecule has 0 saturated heterocycles. The summed E-state index contributed by atoms with van der Waals surface area (Å²) in [5.41, 5.74) is 7.01. The molecular weight excluding hydrogens is 424 g/mol. The van der Waals surface area contributed by atoms with Crippen LogP contribution in [0.15, 0.2) is 5.16 Å². The fraction of sp³-hybridized carbons (Fsp3) is 0.931. The van der Waals surface area contributed by atoms with E-state index >= 15 is 0 Å². The molecule has 2 N–H and O–H groups in total. The van der Waals surface area contributed by atoms with Crippen molar-refractivity contribution in [1.82, 2.24) is 0 Å². The molecule has 0 aliphatic heterocycles. The molecular formula is C29H54N2O3. The van der Waals surface area contributed by atoms with Crippen molar-refractivity contribution in [2.45, 2.75) is 118 Å². The fourth-order valence-corrected chi connectivity index (χ4v) is 8.54. The highest BCUT2D eigenvalue weighted by Gasteiger charge is 2.59. The summed E-state index contributed by atoms with van der Waals surface area (Å²) >= 11 is 0. The Balaban J connectivity index is 0.000000618. The minimum absolute atomic E-state index is 0.329. The fourth-order valence-electron chi connectivity index (χ4n) is 8.54. The number of carbonyl (C=O) groups excluding carboxylic acids is 1. The number of ether oxygens (including phenoxy) is 1. The zero-order chi connectivity index (χ0) is 25.2. The molecule has 0 aromatic rings. The third kappa shape index (κ3) is 6.36. The van der Waals surface area contributed by atoms with Crippen molar-refractivity contribution >= 4 is 12.3 Å². The van der Waals surface area contributed by atoms with Crippen molar-refractivity contribution in [3.8, 4) is 0 Å². The number of nitrogens with zero attached hydrogens (tertiary/aromatic N) is 1. The SMILES string of the molecule is CC.CC12CCCCC1CCC1C2CCC2(C)C(CCC/C(N)=N/OC=O)CCC12.CCOC. The smallest absolute Gasteiger partial charge is 0.323 e. The molecule has 4 aliphatic rings. The summed E-state index contributed by atoms with van der Waals surface area (Å²) in [5.74, 6) is 5.21. The van der Waals surface area contributed by atoms with Crippen LogP contribution in [0.1, 0.15) is 118 Å². The molecule has 4 saturated carbocycles. The second-order valence-corrected chi connectivity index (χ2v) is 11.5. The number of nitrogens with two attached hydrogens (primary N) is 1. The number of hydrogen-bond donors (Lipinski definition) is 1. The van der Waals surface area contributed by atoms with Crippen LogP contribution in [0, 0.1) is 40.4 Å². The lowest BCUT2D eigenvalue weighted by atomic mass is 9.45. The van der Waals surface area contributed by atoms with E-state index in [4.69, 9.17) is 5.73 Å². The number of rotatable bonds is 7. The van der Waals surface area contributed by atoms with E-state index in [2.05, 4.69) is 28.6 Å². The maximum atomic E-state index is 10.2.